The molecule has 1 aliphatic carbocycles. The highest BCUT2D eigenvalue weighted by Gasteiger charge is 2.11. The molecular weight excluding hydrogens is 313 g/mol. The van der Waals surface area contributed by atoms with Crippen molar-refractivity contribution in [3.05, 3.63) is 16.0 Å². The summed E-state index contributed by atoms with van der Waals surface area (Å²) >= 11 is 2.23. The third-order valence-electron chi connectivity index (χ3n) is 3.06. The van der Waals surface area contributed by atoms with Crippen molar-refractivity contribution < 1.29 is 0 Å². The molecule has 2 rings (SSSR count). The Morgan fingerprint density at radius 1 is 1.00 bits per heavy atom. The predicted molar refractivity (Wildman–Crippen MR) is 74.5 cm³/mol. The van der Waals surface area contributed by atoms with Crippen LogP contribution in [0.2, 0.25) is 0 Å². The van der Waals surface area contributed by atoms with Crippen molar-refractivity contribution in [2.75, 3.05) is 5.32 Å². The summed E-state index contributed by atoms with van der Waals surface area (Å²) in [5.74, 6) is 0.783. The SMILES string of the molecule is Ic1cnc(NC2CCCCCCC2)nc1. The van der Waals surface area contributed by atoms with E-state index in [0.29, 0.717) is 6.04 Å². The molecule has 0 bridgehead atoms. The summed E-state index contributed by atoms with van der Waals surface area (Å²) in [6, 6.07) is 0.570. The molecule has 3 nitrogen and oxygen atoms in total. The zero-order chi connectivity index (χ0) is 11.2. The van der Waals surface area contributed by atoms with Crippen molar-refractivity contribution in [3.8, 4) is 0 Å². The molecule has 1 fully saturated rings. The molecule has 0 aliphatic heterocycles. The van der Waals surface area contributed by atoms with Crippen LogP contribution in [-0.4, -0.2) is 16.0 Å². The molecule has 0 radical (unpaired) electrons. The van der Waals surface area contributed by atoms with Gasteiger partial charge in [-0.05, 0) is 35.4 Å². The molecule has 0 amide bonds. The molecule has 0 atom stereocenters. The van der Waals surface area contributed by atoms with E-state index < -0.39 is 0 Å². The monoisotopic (exact) mass is 331 g/mol. The van der Waals surface area contributed by atoms with E-state index in [1.807, 2.05) is 12.4 Å². The van der Waals surface area contributed by atoms with Gasteiger partial charge in [0.1, 0.15) is 0 Å². The van der Waals surface area contributed by atoms with Gasteiger partial charge in [-0.2, -0.15) is 0 Å². The average Bonchev–Trinajstić information content (AvgIpc) is 2.25. The van der Waals surface area contributed by atoms with Gasteiger partial charge in [-0.1, -0.05) is 32.1 Å². The minimum atomic E-state index is 0.570. The minimum Gasteiger partial charge on any atom is -0.351 e. The van der Waals surface area contributed by atoms with Gasteiger partial charge in [-0.3, -0.25) is 0 Å². The van der Waals surface area contributed by atoms with Crippen molar-refractivity contribution >= 4 is 28.5 Å². The fraction of sp³-hybridized carbons (Fsp3) is 0.667. The van der Waals surface area contributed by atoms with Gasteiger partial charge in [-0.15, -0.1) is 0 Å². The first-order valence-corrected chi connectivity index (χ1v) is 7.16. The summed E-state index contributed by atoms with van der Waals surface area (Å²) in [6.07, 6.45) is 13.1. The van der Waals surface area contributed by atoms with Crippen molar-refractivity contribution in [1.82, 2.24) is 9.97 Å². The van der Waals surface area contributed by atoms with Crippen LogP contribution >= 0.6 is 22.6 Å². The Morgan fingerprint density at radius 2 is 1.56 bits per heavy atom. The van der Waals surface area contributed by atoms with Gasteiger partial charge in [0.25, 0.3) is 0 Å². The summed E-state index contributed by atoms with van der Waals surface area (Å²) in [5.41, 5.74) is 0. The molecule has 4 heteroatoms. The van der Waals surface area contributed by atoms with Crippen LogP contribution in [-0.2, 0) is 0 Å². The quantitative estimate of drug-likeness (QED) is 0.842. The van der Waals surface area contributed by atoms with Crippen LogP contribution in [0, 0.1) is 3.57 Å². The largest absolute Gasteiger partial charge is 0.351 e. The summed E-state index contributed by atoms with van der Waals surface area (Å²) in [7, 11) is 0. The highest BCUT2D eigenvalue weighted by Crippen LogP contribution is 2.19. The lowest BCUT2D eigenvalue weighted by Gasteiger charge is -2.20. The molecule has 0 saturated heterocycles. The first kappa shape index (κ1) is 12.1. The smallest absolute Gasteiger partial charge is 0.222 e. The van der Waals surface area contributed by atoms with E-state index >= 15 is 0 Å². The number of nitrogens with zero attached hydrogens (tertiary/aromatic N) is 2. The molecule has 0 aromatic carbocycles. The van der Waals surface area contributed by atoms with Crippen LogP contribution in [0.4, 0.5) is 5.95 Å². The van der Waals surface area contributed by atoms with Crippen LogP contribution in [0.1, 0.15) is 44.9 Å². The third-order valence-corrected chi connectivity index (χ3v) is 3.62. The third kappa shape index (κ3) is 3.88. The Hall–Kier alpha value is -0.390. The zero-order valence-corrected chi connectivity index (χ0v) is 11.6. The molecule has 0 unspecified atom stereocenters. The molecule has 1 aliphatic rings. The maximum absolute atomic E-state index is 4.30. The Morgan fingerprint density at radius 3 is 2.19 bits per heavy atom. The van der Waals surface area contributed by atoms with E-state index in [-0.39, 0.29) is 0 Å². The number of halogens is 1. The van der Waals surface area contributed by atoms with Crippen LogP contribution in [0.15, 0.2) is 12.4 Å². The molecular formula is C12H18IN3. The molecule has 1 saturated carbocycles. The Balaban J connectivity index is 1.89. The summed E-state index contributed by atoms with van der Waals surface area (Å²) < 4.78 is 1.08. The van der Waals surface area contributed by atoms with E-state index in [2.05, 4.69) is 37.9 Å². The zero-order valence-electron chi connectivity index (χ0n) is 9.45. The Bertz CT molecular complexity index is 305. The number of hydrogen-bond acceptors (Lipinski definition) is 3. The van der Waals surface area contributed by atoms with Gasteiger partial charge in [-0.25, -0.2) is 9.97 Å². The number of anilines is 1. The summed E-state index contributed by atoms with van der Waals surface area (Å²) in [4.78, 5) is 8.59. The van der Waals surface area contributed by atoms with Crippen molar-refractivity contribution in [2.24, 2.45) is 0 Å². The molecule has 88 valence electrons. The van der Waals surface area contributed by atoms with Crippen molar-refractivity contribution in [1.29, 1.82) is 0 Å². The second-order valence-electron chi connectivity index (χ2n) is 4.41. The average molecular weight is 331 g/mol. The van der Waals surface area contributed by atoms with Gasteiger partial charge in [0.2, 0.25) is 5.95 Å². The summed E-state index contributed by atoms with van der Waals surface area (Å²) in [5, 5.41) is 3.45. The van der Waals surface area contributed by atoms with Gasteiger partial charge in [0.05, 0.1) is 0 Å². The molecule has 1 aromatic rings. The molecule has 1 N–H and O–H groups in total. The number of nitrogens with one attached hydrogen (secondary N) is 1. The number of hydrogen-bond donors (Lipinski definition) is 1. The minimum absolute atomic E-state index is 0.570. The summed E-state index contributed by atoms with van der Waals surface area (Å²) in [6.45, 7) is 0. The fourth-order valence-electron chi connectivity index (χ4n) is 2.17. The van der Waals surface area contributed by atoms with Crippen molar-refractivity contribution in [3.63, 3.8) is 0 Å². The lowest BCUT2D eigenvalue weighted by atomic mass is 9.97. The topological polar surface area (TPSA) is 37.8 Å². The van der Waals surface area contributed by atoms with E-state index in [9.17, 15) is 0 Å². The van der Waals surface area contributed by atoms with Crippen molar-refractivity contribution in [2.45, 2.75) is 51.0 Å². The fourth-order valence-corrected chi connectivity index (χ4v) is 2.45. The normalized spacial score (nSPS) is 18.8. The van der Waals surface area contributed by atoms with Crippen LogP contribution < -0.4 is 5.32 Å². The van der Waals surface area contributed by atoms with Gasteiger partial charge in [0, 0.05) is 22.0 Å². The lowest BCUT2D eigenvalue weighted by Crippen LogP contribution is -2.21. The van der Waals surface area contributed by atoms with Crippen LogP contribution in [0.5, 0.6) is 0 Å². The Labute approximate surface area is 111 Å². The van der Waals surface area contributed by atoms with Crippen LogP contribution in [0.25, 0.3) is 0 Å². The van der Waals surface area contributed by atoms with E-state index in [1.165, 1.54) is 44.9 Å². The van der Waals surface area contributed by atoms with Crippen LogP contribution in [0.3, 0.4) is 0 Å². The predicted octanol–water partition coefficient (Wildman–Crippen LogP) is 3.61. The standard InChI is InChI=1S/C12H18IN3/c13-10-8-14-12(15-9-10)16-11-6-4-2-1-3-5-7-11/h8-9,11H,1-7H2,(H,14,15,16). The second-order valence-corrected chi connectivity index (χ2v) is 5.66. The maximum atomic E-state index is 4.30. The number of aromatic nitrogens is 2. The molecule has 1 aromatic heterocycles. The van der Waals surface area contributed by atoms with E-state index in [4.69, 9.17) is 0 Å². The first-order valence-electron chi connectivity index (χ1n) is 6.09. The first-order chi connectivity index (χ1) is 7.84. The second kappa shape index (κ2) is 6.37. The highest BCUT2D eigenvalue weighted by molar-refractivity contribution is 14.1. The van der Waals surface area contributed by atoms with E-state index in [0.717, 1.165) is 9.52 Å². The van der Waals surface area contributed by atoms with Gasteiger partial charge >= 0.3 is 0 Å². The molecule has 0 spiro atoms. The molecule has 1 heterocycles. The number of rotatable bonds is 2. The highest BCUT2D eigenvalue weighted by atomic mass is 127. The van der Waals surface area contributed by atoms with Gasteiger partial charge < -0.3 is 5.32 Å². The Kier molecular flexibility index (Phi) is 4.81. The maximum Gasteiger partial charge on any atom is 0.222 e. The van der Waals surface area contributed by atoms with E-state index in [1.54, 1.807) is 0 Å². The lowest BCUT2D eigenvalue weighted by molar-refractivity contribution is 0.470. The van der Waals surface area contributed by atoms with Gasteiger partial charge in [0.15, 0.2) is 0 Å². The molecule has 16 heavy (non-hydrogen) atoms.